The van der Waals surface area contributed by atoms with Gasteiger partial charge in [-0.1, -0.05) is 12.8 Å². The number of thioether (sulfide) groups is 1. The molecule has 2 unspecified atom stereocenters. The van der Waals surface area contributed by atoms with Gasteiger partial charge in [0.1, 0.15) is 0 Å². The molecule has 1 saturated heterocycles. The zero-order valence-electron chi connectivity index (χ0n) is 10.7. The van der Waals surface area contributed by atoms with Gasteiger partial charge in [-0.2, -0.15) is 11.8 Å². The van der Waals surface area contributed by atoms with Crippen LogP contribution in [0.3, 0.4) is 0 Å². The predicted molar refractivity (Wildman–Crippen MR) is 73.3 cm³/mol. The summed E-state index contributed by atoms with van der Waals surface area (Å²) < 4.78 is 0. The molecule has 2 rings (SSSR count). The fourth-order valence-electron chi connectivity index (χ4n) is 2.87. The van der Waals surface area contributed by atoms with Gasteiger partial charge in [0.15, 0.2) is 0 Å². The van der Waals surface area contributed by atoms with E-state index < -0.39 is 0 Å². The molecule has 17 heavy (non-hydrogen) atoms. The van der Waals surface area contributed by atoms with Gasteiger partial charge in [0.05, 0.1) is 6.04 Å². The number of nitrogens with one attached hydrogen (secondary N) is 2. The highest BCUT2D eigenvalue weighted by atomic mass is 32.2. The second kappa shape index (κ2) is 6.64. The minimum absolute atomic E-state index is 0.0680. The van der Waals surface area contributed by atoms with Crippen LogP contribution in [0.15, 0.2) is 0 Å². The van der Waals surface area contributed by atoms with E-state index in [-0.39, 0.29) is 11.9 Å². The summed E-state index contributed by atoms with van der Waals surface area (Å²) in [5.74, 6) is 0.233. The number of carbonyl (C=O) groups is 1. The van der Waals surface area contributed by atoms with Crippen molar-refractivity contribution >= 4 is 17.7 Å². The average Bonchev–Trinajstić information content (AvgIpc) is 2.40. The van der Waals surface area contributed by atoms with E-state index in [4.69, 9.17) is 0 Å². The molecule has 1 amide bonds. The molecular weight excluding hydrogens is 232 g/mol. The van der Waals surface area contributed by atoms with Crippen molar-refractivity contribution in [3.63, 3.8) is 0 Å². The summed E-state index contributed by atoms with van der Waals surface area (Å²) in [6.45, 7) is 0.996. The molecule has 1 saturated carbocycles. The Bertz CT molecular complexity index is 254. The third-order valence-electron chi connectivity index (χ3n) is 3.93. The molecule has 0 bridgehead atoms. The number of piperidine rings is 1. The van der Waals surface area contributed by atoms with E-state index in [2.05, 4.69) is 16.9 Å². The molecule has 0 radical (unpaired) electrons. The lowest BCUT2D eigenvalue weighted by Gasteiger charge is -2.31. The van der Waals surface area contributed by atoms with Gasteiger partial charge in [-0.25, -0.2) is 0 Å². The van der Waals surface area contributed by atoms with E-state index in [1.807, 2.05) is 11.8 Å². The quantitative estimate of drug-likeness (QED) is 0.810. The van der Waals surface area contributed by atoms with Gasteiger partial charge in [-0.05, 0) is 44.9 Å². The maximum absolute atomic E-state index is 12.1. The minimum atomic E-state index is 0.0680. The second-order valence-corrected chi connectivity index (χ2v) is 6.37. The third kappa shape index (κ3) is 3.88. The Morgan fingerprint density at radius 3 is 2.82 bits per heavy atom. The fourth-order valence-corrected chi connectivity index (χ4v) is 3.69. The van der Waals surface area contributed by atoms with Crippen LogP contribution in [0, 0.1) is 0 Å². The molecule has 0 spiro atoms. The Labute approximate surface area is 108 Å². The third-order valence-corrected chi connectivity index (χ3v) is 5.03. The zero-order valence-corrected chi connectivity index (χ0v) is 11.5. The van der Waals surface area contributed by atoms with E-state index in [0.29, 0.717) is 6.04 Å². The van der Waals surface area contributed by atoms with E-state index >= 15 is 0 Å². The van der Waals surface area contributed by atoms with Crippen LogP contribution < -0.4 is 10.6 Å². The highest BCUT2D eigenvalue weighted by Crippen LogP contribution is 2.27. The zero-order chi connectivity index (χ0) is 12.1. The Morgan fingerprint density at radius 2 is 2.12 bits per heavy atom. The average molecular weight is 256 g/mol. The molecule has 1 aliphatic heterocycles. The first kappa shape index (κ1) is 13.2. The first-order chi connectivity index (χ1) is 8.29. The van der Waals surface area contributed by atoms with Crippen molar-refractivity contribution in [2.24, 2.45) is 0 Å². The molecule has 1 heterocycles. The van der Waals surface area contributed by atoms with Gasteiger partial charge in [-0.3, -0.25) is 4.79 Å². The topological polar surface area (TPSA) is 41.1 Å². The fraction of sp³-hybridized carbons (Fsp3) is 0.923. The Morgan fingerprint density at radius 1 is 1.24 bits per heavy atom. The van der Waals surface area contributed by atoms with Gasteiger partial charge < -0.3 is 10.6 Å². The lowest BCUT2D eigenvalue weighted by atomic mass is 9.94. The van der Waals surface area contributed by atoms with E-state index in [9.17, 15) is 4.79 Å². The molecular formula is C13H24N2OS. The molecule has 3 nitrogen and oxygen atoms in total. The van der Waals surface area contributed by atoms with Crippen molar-refractivity contribution in [3.8, 4) is 0 Å². The molecule has 2 fully saturated rings. The maximum Gasteiger partial charge on any atom is 0.237 e. The van der Waals surface area contributed by atoms with Crippen LogP contribution in [-0.2, 0) is 4.79 Å². The van der Waals surface area contributed by atoms with Gasteiger partial charge in [0.25, 0.3) is 0 Å². The van der Waals surface area contributed by atoms with Crippen molar-refractivity contribution in [1.29, 1.82) is 0 Å². The SMILES string of the molecule is CSC1CCCC(NC(=O)[C@H]2CCCCN2)C1. The van der Waals surface area contributed by atoms with Gasteiger partial charge in [0, 0.05) is 11.3 Å². The second-order valence-electron chi connectivity index (χ2n) is 5.23. The van der Waals surface area contributed by atoms with Crippen molar-refractivity contribution in [1.82, 2.24) is 10.6 Å². The van der Waals surface area contributed by atoms with Crippen LogP contribution in [0.1, 0.15) is 44.9 Å². The molecule has 3 atom stereocenters. The van der Waals surface area contributed by atoms with Crippen LogP contribution in [-0.4, -0.2) is 36.0 Å². The van der Waals surface area contributed by atoms with E-state index in [0.717, 1.165) is 31.1 Å². The summed E-state index contributed by atoms with van der Waals surface area (Å²) in [4.78, 5) is 12.1. The molecule has 0 aromatic carbocycles. The highest BCUT2D eigenvalue weighted by Gasteiger charge is 2.26. The first-order valence-electron chi connectivity index (χ1n) is 6.86. The summed E-state index contributed by atoms with van der Waals surface area (Å²) in [5, 5.41) is 7.30. The van der Waals surface area contributed by atoms with Crippen molar-refractivity contribution in [2.75, 3.05) is 12.8 Å². The van der Waals surface area contributed by atoms with Crippen LogP contribution in [0.2, 0.25) is 0 Å². The van der Waals surface area contributed by atoms with Crippen molar-refractivity contribution < 1.29 is 4.79 Å². The molecule has 2 N–H and O–H groups in total. The molecule has 0 aromatic rings. The number of carbonyl (C=O) groups excluding carboxylic acids is 1. The first-order valence-corrected chi connectivity index (χ1v) is 8.15. The molecule has 2 aliphatic rings. The standard InChI is InChI=1S/C13H24N2OS/c1-17-11-6-4-5-10(9-11)15-13(16)12-7-2-3-8-14-12/h10-12,14H,2-9H2,1H3,(H,15,16)/t10?,11?,12-/m1/s1. The predicted octanol–water partition coefficient (Wildman–Crippen LogP) is 1.92. The monoisotopic (exact) mass is 256 g/mol. The summed E-state index contributed by atoms with van der Waals surface area (Å²) in [5.41, 5.74) is 0. The minimum Gasteiger partial charge on any atom is -0.352 e. The van der Waals surface area contributed by atoms with Crippen LogP contribution in [0.25, 0.3) is 0 Å². The van der Waals surface area contributed by atoms with Crippen molar-refractivity contribution in [2.45, 2.75) is 62.3 Å². The van der Waals surface area contributed by atoms with E-state index in [1.165, 1.54) is 25.7 Å². The number of hydrogen-bond donors (Lipinski definition) is 2. The smallest absolute Gasteiger partial charge is 0.237 e. The van der Waals surface area contributed by atoms with E-state index in [1.54, 1.807) is 0 Å². The maximum atomic E-state index is 12.1. The van der Waals surface area contributed by atoms with Crippen LogP contribution >= 0.6 is 11.8 Å². The van der Waals surface area contributed by atoms with Crippen molar-refractivity contribution in [3.05, 3.63) is 0 Å². The summed E-state index contributed by atoms with van der Waals surface area (Å²) >= 11 is 1.95. The number of amides is 1. The molecule has 4 heteroatoms. The summed E-state index contributed by atoms with van der Waals surface area (Å²) in [7, 11) is 0. The molecule has 0 aromatic heterocycles. The van der Waals surface area contributed by atoms with Gasteiger partial charge >= 0.3 is 0 Å². The largest absolute Gasteiger partial charge is 0.352 e. The molecule has 1 aliphatic carbocycles. The van der Waals surface area contributed by atoms with Crippen LogP contribution in [0.4, 0.5) is 0 Å². The molecule has 98 valence electrons. The Hall–Kier alpha value is -0.220. The normalized spacial score (nSPS) is 34.3. The number of hydrogen-bond acceptors (Lipinski definition) is 3. The Balaban J connectivity index is 1.77. The Kier molecular flexibility index (Phi) is 5.16. The number of rotatable bonds is 3. The van der Waals surface area contributed by atoms with Gasteiger partial charge in [-0.15, -0.1) is 0 Å². The lowest BCUT2D eigenvalue weighted by Crippen LogP contribution is -2.50. The van der Waals surface area contributed by atoms with Crippen LogP contribution in [0.5, 0.6) is 0 Å². The summed E-state index contributed by atoms with van der Waals surface area (Å²) in [6, 6.07) is 0.482. The lowest BCUT2D eigenvalue weighted by molar-refractivity contribution is -0.124. The summed E-state index contributed by atoms with van der Waals surface area (Å²) in [6.07, 6.45) is 10.5. The highest BCUT2D eigenvalue weighted by molar-refractivity contribution is 7.99. The van der Waals surface area contributed by atoms with Gasteiger partial charge in [0.2, 0.25) is 5.91 Å².